The van der Waals surface area contributed by atoms with Gasteiger partial charge < -0.3 is 10.2 Å². The highest BCUT2D eigenvalue weighted by Gasteiger charge is 2.06. The number of likely N-dealkylation sites (N-methyl/N-ethyl adjacent to an activating group) is 1. The topological polar surface area (TPSA) is 15.3 Å². The molecule has 19 heavy (non-hydrogen) atoms. The number of nitrogens with one attached hydrogen (secondary N) is 1. The zero-order valence-electron chi connectivity index (χ0n) is 13.1. The van der Waals surface area contributed by atoms with Crippen LogP contribution in [0, 0.1) is 5.92 Å². The lowest BCUT2D eigenvalue weighted by molar-refractivity contribution is 0.302. The third kappa shape index (κ3) is 6.74. The second kappa shape index (κ2) is 9.11. The average Bonchev–Trinajstić information content (AvgIpc) is 2.39. The molecule has 0 heterocycles. The Kier molecular flexibility index (Phi) is 7.76. The average molecular weight is 262 g/mol. The standard InChI is InChI=1S/C17H30N2/c1-5-18-12-10-16-8-6-7-9-17(16)14-19(4)13-11-15(2)3/h6-9,15,18H,5,10-14H2,1-4H3. The van der Waals surface area contributed by atoms with Crippen LogP contribution in [0.15, 0.2) is 24.3 Å². The molecule has 0 amide bonds. The first-order valence-corrected chi connectivity index (χ1v) is 7.59. The molecule has 2 nitrogen and oxygen atoms in total. The number of hydrogen-bond donors (Lipinski definition) is 1. The monoisotopic (exact) mass is 262 g/mol. The smallest absolute Gasteiger partial charge is 0.0233 e. The zero-order chi connectivity index (χ0) is 14.1. The van der Waals surface area contributed by atoms with Gasteiger partial charge in [-0.25, -0.2) is 0 Å². The van der Waals surface area contributed by atoms with Crippen LogP contribution in [0.25, 0.3) is 0 Å². The lowest BCUT2D eigenvalue weighted by Crippen LogP contribution is -2.22. The van der Waals surface area contributed by atoms with Crippen molar-refractivity contribution < 1.29 is 0 Å². The molecular weight excluding hydrogens is 232 g/mol. The summed E-state index contributed by atoms with van der Waals surface area (Å²) in [5.41, 5.74) is 2.96. The highest BCUT2D eigenvalue weighted by Crippen LogP contribution is 2.12. The Bertz CT molecular complexity index is 347. The Labute approximate surface area is 119 Å². The normalized spacial score (nSPS) is 11.5. The molecule has 1 aromatic carbocycles. The van der Waals surface area contributed by atoms with Gasteiger partial charge >= 0.3 is 0 Å². The van der Waals surface area contributed by atoms with Gasteiger partial charge in [0.1, 0.15) is 0 Å². The molecule has 0 radical (unpaired) electrons. The van der Waals surface area contributed by atoms with Crippen molar-refractivity contribution >= 4 is 0 Å². The largest absolute Gasteiger partial charge is 0.317 e. The first-order chi connectivity index (χ1) is 9.13. The number of benzene rings is 1. The summed E-state index contributed by atoms with van der Waals surface area (Å²) in [5, 5.41) is 3.40. The van der Waals surface area contributed by atoms with Crippen LogP contribution >= 0.6 is 0 Å². The molecule has 0 saturated carbocycles. The Balaban J connectivity index is 2.51. The van der Waals surface area contributed by atoms with E-state index >= 15 is 0 Å². The lowest BCUT2D eigenvalue weighted by Gasteiger charge is -2.20. The van der Waals surface area contributed by atoms with Crippen LogP contribution < -0.4 is 5.32 Å². The maximum absolute atomic E-state index is 3.40. The molecule has 0 aliphatic carbocycles. The van der Waals surface area contributed by atoms with Gasteiger partial charge in [0, 0.05) is 6.54 Å². The lowest BCUT2D eigenvalue weighted by atomic mass is 10.0. The van der Waals surface area contributed by atoms with E-state index in [-0.39, 0.29) is 0 Å². The van der Waals surface area contributed by atoms with Gasteiger partial charge in [-0.3, -0.25) is 0 Å². The summed E-state index contributed by atoms with van der Waals surface area (Å²) < 4.78 is 0. The quantitative estimate of drug-likeness (QED) is 0.687. The third-order valence-electron chi connectivity index (χ3n) is 3.47. The van der Waals surface area contributed by atoms with Gasteiger partial charge in [0.15, 0.2) is 0 Å². The molecule has 1 aromatic rings. The Morgan fingerprint density at radius 3 is 2.47 bits per heavy atom. The van der Waals surface area contributed by atoms with Crippen molar-refractivity contribution in [2.75, 3.05) is 26.7 Å². The molecule has 0 aliphatic heterocycles. The summed E-state index contributed by atoms with van der Waals surface area (Å²) >= 11 is 0. The predicted molar refractivity (Wildman–Crippen MR) is 84.5 cm³/mol. The van der Waals surface area contributed by atoms with Gasteiger partial charge in [-0.2, -0.15) is 0 Å². The minimum atomic E-state index is 0.784. The summed E-state index contributed by atoms with van der Waals surface area (Å²) in [5.74, 6) is 0.784. The van der Waals surface area contributed by atoms with E-state index in [0.29, 0.717) is 0 Å². The van der Waals surface area contributed by atoms with E-state index in [1.165, 1.54) is 24.1 Å². The van der Waals surface area contributed by atoms with Crippen molar-refractivity contribution in [2.24, 2.45) is 5.92 Å². The van der Waals surface area contributed by atoms with E-state index in [0.717, 1.165) is 32.0 Å². The molecule has 0 spiro atoms. The summed E-state index contributed by atoms with van der Waals surface area (Å²) in [6.07, 6.45) is 2.40. The molecule has 2 heteroatoms. The number of hydrogen-bond acceptors (Lipinski definition) is 2. The fourth-order valence-corrected chi connectivity index (χ4v) is 2.20. The fraction of sp³-hybridized carbons (Fsp3) is 0.647. The van der Waals surface area contributed by atoms with E-state index < -0.39 is 0 Å². The molecule has 0 atom stereocenters. The van der Waals surface area contributed by atoms with Crippen molar-refractivity contribution in [3.63, 3.8) is 0 Å². The molecule has 0 fully saturated rings. The van der Waals surface area contributed by atoms with Crippen molar-refractivity contribution in [1.82, 2.24) is 10.2 Å². The van der Waals surface area contributed by atoms with Crippen LogP contribution in [0.4, 0.5) is 0 Å². The Morgan fingerprint density at radius 2 is 1.84 bits per heavy atom. The maximum atomic E-state index is 3.40. The van der Waals surface area contributed by atoms with E-state index in [1.54, 1.807) is 0 Å². The van der Waals surface area contributed by atoms with Crippen LogP contribution in [-0.2, 0) is 13.0 Å². The van der Waals surface area contributed by atoms with Crippen LogP contribution in [0.2, 0.25) is 0 Å². The predicted octanol–water partition coefficient (Wildman–Crippen LogP) is 3.32. The van der Waals surface area contributed by atoms with Gasteiger partial charge in [-0.05, 0) is 56.6 Å². The van der Waals surface area contributed by atoms with Crippen LogP contribution in [0.3, 0.4) is 0 Å². The van der Waals surface area contributed by atoms with Gasteiger partial charge in [0.05, 0.1) is 0 Å². The van der Waals surface area contributed by atoms with Gasteiger partial charge in [0.2, 0.25) is 0 Å². The molecular formula is C17H30N2. The first kappa shape index (κ1) is 16.2. The highest BCUT2D eigenvalue weighted by atomic mass is 15.1. The Hall–Kier alpha value is -0.860. The van der Waals surface area contributed by atoms with E-state index in [9.17, 15) is 0 Å². The molecule has 0 aromatic heterocycles. The molecule has 1 N–H and O–H groups in total. The third-order valence-corrected chi connectivity index (χ3v) is 3.47. The van der Waals surface area contributed by atoms with E-state index in [2.05, 4.69) is 62.3 Å². The fourth-order valence-electron chi connectivity index (χ4n) is 2.20. The first-order valence-electron chi connectivity index (χ1n) is 7.59. The van der Waals surface area contributed by atoms with E-state index in [4.69, 9.17) is 0 Å². The van der Waals surface area contributed by atoms with Crippen LogP contribution in [0.1, 0.15) is 38.3 Å². The number of rotatable bonds is 9. The minimum absolute atomic E-state index is 0.784. The molecule has 0 saturated heterocycles. The SMILES string of the molecule is CCNCCc1ccccc1CN(C)CCC(C)C. The molecule has 0 aliphatic rings. The zero-order valence-corrected chi connectivity index (χ0v) is 13.1. The molecule has 0 unspecified atom stereocenters. The summed E-state index contributed by atoms with van der Waals surface area (Å²) in [7, 11) is 2.23. The Morgan fingerprint density at radius 1 is 1.16 bits per heavy atom. The number of nitrogens with zero attached hydrogens (tertiary/aromatic N) is 1. The molecule has 0 bridgehead atoms. The molecule has 108 valence electrons. The van der Waals surface area contributed by atoms with E-state index in [1.807, 2.05) is 0 Å². The van der Waals surface area contributed by atoms with Crippen molar-refractivity contribution in [1.29, 1.82) is 0 Å². The second-order valence-electron chi connectivity index (χ2n) is 5.79. The summed E-state index contributed by atoms with van der Waals surface area (Å²) in [6, 6.07) is 8.84. The van der Waals surface area contributed by atoms with Crippen molar-refractivity contribution in [3.05, 3.63) is 35.4 Å². The van der Waals surface area contributed by atoms with Gasteiger partial charge in [-0.15, -0.1) is 0 Å². The van der Waals surface area contributed by atoms with Crippen molar-refractivity contribution in [2.45, 2.75) is 40.2 Å². The van der Waals surface area contributed by atoms with Crippen molar-refractivity contribution in [3.8, 4) is 0 Å². The highest BCUT2D eigenvalue weighted by molar-refractivity contribution is 5.27. The van der Waals surface area contributed by atoms with Gasteiger partial charge in [-0.1, -0.05) is 45.0 Å². The van der Waals surface area contributed by atoms with Crippen LogP contribution in [0.5, 0.6) is 0 Å². The summed E-state index contributed by atoms with van der Waals surface area (Å²) in [6.45, 7) is 11.1. The maximum Gasteiger partial charge on any atom is 0.0233 e. The van der Waals surface area contributed by atoms with Crippen LogP contribution in [-0.4, -0.2) is 31.6 Å². The molecule has 1 rings (SSSR count). The summed E-state index contributed by atoms with van der Waals surface area (Å²) in [4.78, 5) is 2.44. The van der Waals surface area contributed by atoms with Gasteiger partial charge in [0.25, 0.3) is 0 Å². The second-order valence-corrected chi connectivity index (χ2v) is 5.79. The minimum Gasteiger partial charge on any atom is -0.317 e.